The van der Waals surface area contributed by atoms with Gasteiger partial charge in [-0.25, -0.2) is 4.79 Å². The fraction of sp³-hybridized carbons (Fsp3) is 0.292. The third-order valence-corrected chi connectivity index (χ3v) is 5.35. The molecule has 0 aliphatic rings. The lowest BCUT2D eigenvalue weighted by molar-refractivity contribution is 0.0694. The van der Waals surface area contributed by atoms with Crippen molar-refractivity contribution in [3.63, 3.8) is 0 Å². The van der Waals surface area contributed by atoms with E-state index in [4.69, 9.17) is 4.74 Å². The molecule has 5 nitrogen and oxygen atoms in total. The first-order valence-electron chi connectivity index (χ1n) is 9.71. The van der Waals surface area contributed by atoms with Crippen molar-refractivity contribution in [3.05, 3.63) is 87.7 Å². The quantitative estimate of drug-likeness (QED) is 0.594. The molecule has 5 heteroatoms. The summed E-state index contributed by atoms with van der Waals surface area (Å²) in [7, 11) is 1.64. The largest absolute Gasteiger partial charge is 0.497 e. The molecular weight excluding hydrogens is 364 g/mol. The van der Waals surface area contributed by atoms with E-state index in [0.29, 0.717) is 25.2 Å². The van der Waals surface area contributed by atoms with Crippen molar-refractivity contribution in [1.82, 2.24) is 9.88 Å². The monoisotopic (exact) mass is 392 g/mol. The van der Waals surface area contributed by atoms with Gasteiger partial charge in [0.05, 0.1) is 12.7 Å². The Bertz CT molecular complexity index is 1000. The number of methoxy groups -OCH3 is 1. The fourth-order valence-electron chi connectivity index (χ4n) is 3.68. The molecule has 0 bridgehead atoms. The molecule has 0 amide bonds. The second kappa shape index (κ2) is 8.97. The van der Waals surface area contributed by atoms with E-state index in [1.54, 1.807) is 7.11 Å². The number of aromatic nitrogens is 1. The number of hydrogen-bond donors (Lipinski definition) is 2. The van der Waals surface area contributed by atoms with Crippen LogP contribution in [0, 0.1) is 20.8 Å². The highest BCUT2D eigenvalue weighted by Crippen LogP contribution is 2.25. The Morgan fingerprint density at radius 1 is 1.00 bits per heavy atom. The summed E-state index contributed by atoms with van der Waals surface area (Å²) in [4.78, 5) is 12.0. The smallest absolute Gasteiger partial charge is 0.337 e. The predicted octanol–water partition coefficient (Wildman–Crippen LogP) is 4.46. The minimum Gasteiger partial charge on any atom is -0.497 e. The number of aromatic carboxylic acids is 1. The first kappa shape index (κ1) is 20.7. The molecule has 3 aromatic rings. The third-order valence-electron chi connectivity index (χ3n) is 5.35. The first-order chi connectivity index (χ1) is 13.9. The van der Waals surface area contributed by atoms with Crippen LogP contribution in [0.1, 0.15) is 44.0 Å². The maximum Gasteiger partial charge on any atom is 0.337 e. The van der Waals surface area contributed by atoms with Gasteiger partial charge in [-0.1, -0.05) is 42.0 Å². The van der Waals surface area contributed by atoms with E-state index in [-0.39, 0.29) is 0 Å². The zero-order valence-corrected chi connectivity index (χ0v) is 17.5. The highest BCUT2D eigenvalue weighted by atomic mass is 16.5. The summed E-state index contributed by atoms with van der Waals surface area (Å²) in [6.45, 7) is 7.73. The summed E-state index contributed by atoms with van der Waals surface area (Å²) in [5.74, 6) is -0.0921. The number of nitrogens with zero attached hydrogens (tertiary/aromatic N) is 1. The number of hydrogen-bond acceptors (Lipinski definition) is 3. The highest BCUT2D eigenvalue weighted by molar-refractivity contribution is 5.91. The van der Waals surface area contributed by atoms with Gasteiger partial charge in [-0.3, -0.25) is 0 Å². The molecule has 0 saturated carbocycles. The summed E-state index contributed by atoms with van der Waals surface area (Å²) in [6, 6.07) is 16.2. The zero-order chi connectivity index (χ0) is 21.0. The van der Waals surface area contributed by atoms with E-state index >= 15 is 0 Å². The molecule has 29 heavy (non-hydrogen) atoms. The van der Waals surface area contributed by atoms with Crippen molar-refractivity contribution < 1.29 is 14.6 Å². The molecule has 0 saturated heterocycles. The average Bonchev–Trinajstić information content (AvgIpc) is 2.94. The van der Waals surface area contributed by atoms with Crippen LogP contribution in [-0.2, 0) is 19.6 Å². The maximum atomic E-state index is 12.0. The SMILES string of the molecule is COc1cccc(Cn2c(C)c(CNCc3ccc(C)cc3)c(C(=O)O)c2C)c1. The summed E-state index contributed by atoms with van der Waals surface area (Å²) in [6.07, 6.45) is 0. The van der Waals surface area contributed by atoms with Gasteiger partial charge in [0.15, 0.2) is 0 Å². The van der Waals surface area contributed by atoms with Crippen molar-refractivity contribution in [1.29, 1.82) is 0 Å². The van der Waals surface area contributed by atoms with Gasteiger partial charge in [0.2, 0.25) is 0 Å². The minimum absolute atomic E-state index is 0.391. The molecule has 1 heterocycles. The van der Waals surface area contributed by atoms with Crippen LogP contribution in [-0.4, -0.2) is 22.8 Å². The average molecular weight is 392 g/mol. The van der Waals surface area contributed by atoms with Crippen LogP contribution in [0.25, 0.3) is 0 Å². The van der Waals surface area contributed by atoms with Crippen molar-refractivity contribution in [2.75, 3.05) is 7.11 Å². The van der Waals surface area contributed by atoms with Crippen molar-refractivity contribution >= 4 is 5.97 Å². The molecule has 0 spiro atoms. The van der Waals surface area contributed by atoms with E-state index in [1.165, 1.54) is 11.1 Å². The molecule has 0 aliphatic heterocycles. The van der Waals surface area contributed by atoms with E-state index in [1.807, 2.05) is 38.1 Å². The molecule has 3 rings (SSSR count). The van der Waals surface area contributed by atoms with Crippen LogP contribution in [0.15, 0.2) is 48.5 Å². The number of rotatable bonds is 8. The second-order valence-electron chi connectivity index (χ2n) is 7.36. The van der Waals surface area contributed by atoms with Gasteiger partial charge >= 0.3 is 5.97 Å². The number of aryl methyl sites for hydroxylation is 1. The zero-order valence-electron chi connectivity index (χ0n) is 17.5. The van der Waals surface area contributed by atoms with Crippen LogP contribution in [0.2, 0.25) is 0 Å². The number of carbonyl (C=O) groups is 1. The Kier molecular flexibility index (Phi) is 6.39. The number of nitrogens with one attached hydrogen (secondary N) is 1. The predicted molar refractivity (Wildman–Crippen MR) is 115 cm³/mol. The van der Waals surface area contributed by atoms with Crippen LogP contribution in [0.5, 0.6) is 5.75 Å². The van der Waals surface area contributed by atoms with E-state index in [9.17, 15) is 9.90 Å². The molecule has 2 N–H and O–H groups in total. The maximum absolute atomic E-state index is 12.0. The molecule has 0 unspecified atom stereocenters. The number of carboxylic acids is 1. The number of ether oxygens (including phenoxy) is 1. The first-order valence-corrected chi connectivity index (χ1v) is 9.71. The van der Waals surface area contributed by atoms with Crippen molar-refractivity contribution in [2.45, 2.75) is 40.4 Å². The van der Waals surface area contributed by atoms with Crippen LogP contribution in [0.3, 0.4) is 0 Å². The van der Waals surface area contributed by atoms with Gasteiger partial charge in [0.25, 0.3) is 0 Å². The molecule has 152 valence electrons. The van der Waals surface area contributed by atoms with Gasteiger partial charge in [-0.05, 0) is 44.0 Å². The molecule has 2 aromatic carbocycles. The van der Waals surface area contributed by atoms with Crippen LogP contribution >= 0.6 is 0 Å². The molecule has 0 fully saturated rings. The number of carboxylic acid groups (broad SMARTS) is 1. The standard InChI is InChI=1S/C24H28N2O3/c1-16-8-10-19(11-9-16)13-25-14-22-17(2)26(18(3)23(22)24(27)28)15-20-6-5-7-21(12-20)29-4/h5-12,25H,13-15H2,1-4H3,(H,27,28). The summed E-state index contributed by atoms with van der Waals surface area (Å²) in [5, 5.41) is 13.2. The van der Waals surface area contributed by atoms with Gasteiger partial charge in [0.1, 0.15) is 5.75 Å². The molecule has 0 atom stereocenters. The molecule has 0 radical (unpaired) electrons. The lowest BCUT2D eigenvalue weighted by Gasteiger charge is -2.11. The Balaban J connectivity index is 1.83. The minimum atomic E-state index is -0.887. The van der Waals surface area contributed by atoms with Crippen molar-refractivity contribution in [2.24, 2.45) is 0 Å². The van der Waals surface area contributed by atoms with Crippen LogP contribution in [0.4, 0.5) is 0 Å². The topological polar surface area (TPSA) is 63.5 Å². The van der Waals surface area contributed by atoms with Gasteiger partial charge in [0, 0.05) is 36.6 Å². The summed E-state index contributed by atoms with van der Waals surface area (Å²) < 4.78 is 7.38. The Hall–Kier alpha value is -3.05. The van der Waals surface area contributed by atoms with E-state index < -0.39 is 5.97 Å². The van der Waals surface area contributed by atoms with Gasteiger partial charge in [-0.2, -0.15) is 0 Å². The van der Waals surface area contributed by atoms with E-state index in [2.05, 4.69) is 41.1 Å². The Morgan fingerprint density at radius 2 is 1.72 bits per heavy atom. The Morgan fingerprint density at radius 3 is 2.38 bits per heavy atom. The van der Waals surface area contributed by atoms with E-state index in [0.717, 1.165) is 28.3 Å². The highest BCUT2D eigenvalue weighted by Gasteiger charge is 2.22. The number of benzene rings is 2. The van der Waals surface area contributed by atoms with Crippen molar-refractivity contribution in [3.8, 4) is 5.75 Å². The molecule has 0 aliphatic carbocycles. The third kappa shape index (κ3) is 4.69. The van der Waals surface area contributed by atoms with Gasteiger partial charge in [-0.15, -0.1) is 0 Å². The fourth-order valence-corrected chi connectivity index (χ4v) is 3.68. The van der Waals surface area contributed by atoms with Crippen LogP contribution < -0.4 is 10.1 Å². The lowest BCUT2D eigenvalue weighted by Crippen LogP contribution is -2.15. The lowest BCUT2D eigenvalue weighted by atomic mass is 10.1. The second-order valence-corrected chi connectivity index (χ2v) is 7.36. The molecule has 1 aromatic heterocycles. The summed E-state index contributed by atoms with van der Waals surface area (Å²) in [5.41, 5.74) is 6.44. The Labute approximate surface area is 172 Å². The normalized spacial score (nSPS) is 10.9. The molecular formula is C24H28N2O3. The van der Waals surface area contributed by atoms with Gasteiger partial charge < -0.3 is 19.7 Å². The summed E-state index contributed by atoms with van der Waals surface area (Å²) >= 11 is 0.